The molecule has 66 valence electrons. The molecule has 0 radical (unpaired) electrons. The predicted octanol–water partition coefficient (Wildman–Crippen LogP) is 1.28. The first-order chi connectivity index (χ1) is 5.24. The number of rotatable bonds is 4. The molecule has 0 fully saturated rings. The van der Waals surface area contributed by atoms with E-state index in [4.69, 9.17) is 21.7 Å². The molecule has 0 aromatic carbocycles. The summed E-state index contributed by atoms with van der Waals surface area (Å²) in [6, 6.07) is 0. The Morgan fingerprint density at radius 3 is 2.55 bits per heavy atom. The molecule has 0 aliphatic rings. The van der Waals surface area contributed by atoms with Crippen molar-refractivity contribution in [3.8, 4) is 0 Å². The van der Waals surface area contributed by atoms with Gasteiger partial charge in [-0.15, -0.1) is 0 Å². The Kier molecular flexibility index (Phi) is 6.16. The monoisotopic (exact) mass is 177 g/mol. The lowest BCUT2D eigenvalue weighted by atomic mass is 10.4. The van der Waals surface area contributed by atoms with Gasteiger partial charge in [-0.2, -0.15) is 0 Å². The highest BCUT2D eigenvalue weighted by Gasteiger charge is 2.05. The van der Waals surface area contributed by atoms with Crippen LogP contribution < -0.4 is 5.32 Å². The van der Waals surface area contributed by atoms with E-state index in [0.717, 1.165) is 6.42 Å². The van der Waals surface area contributed by atoms with Crippen molar-refractivity contribution >= 4 is 17.4 Å². The van der Waals surface area contributed by atoms with Crippen LogP contribution in [-0.4, -0.2) is 25.1 Å². The molecule has 0 aliphatic carbocycles. The molecule has 1 atom stereocenters. The maximum atomic E-state index is 5.28. The summed E-state index contributed by atoms with van der Waals surface area (Å²) in [7, 11) is 1.54. The second kappa shape index (κ2) is 6.37. The molecule has 0 heterocycles. The SMILES string of the molecule is CCOC(CC)NC(=S)OC. The van der Waals surface area contributed by atoms with E-state index >= 15 is 0 Å². The van der Waals surface area contributed by atoms with Crippen molar-refractivity contribution in [2.45, 2.75) is 26.5 Å². The van der Waals surface area contributed by atoms with Crippen molar-refractivity contribution < 1.29 is 9.47 Å². The molecule has 0 spiro atoms. The summed E-state index contributed by atoms with van der Waals surface area (Å²) in [5.41, 5.74) is 0. The highest BCUT2D eigenvalue weighted by atomic mass is 32.1. The highest BCUT2D eigenvalue weighted by Crippen LogP contribution is 1.93. The summed E-state index contributed by atoms with van der Waals surface area (Å²) in [5.74, 6) is 0. The van der Waals surface area contributed by atoms with E-state index in [1.807, 2.05) is 13.8 Å². The van der Waals surface area contributed by atoms with Crippen LogP contribution in [0.25, 0.3) is 0 Å². The van der Waals surface area contributed by atoms with Gasteiger partial charge in [0.05, 0.1) is 7.11 Å². The minimum atomic E-state index is -0.0209. The van der Waals surface area contributed by atoms with E-state index in [1.165, 1.54) is 7.11 Å². The van der Waals surface area contributed by atoms with E-state index in [0.29, 0.717) is 11.8 Å². The van der Waals surface area contributed by atoms with Gasteiger partial charge in [-0.05, 0) is 25.6 Å². The minimum absolute atomic E-state index is 0.0209. The Morgan fingerprint density at radius 1 is 1.55 bits per heavy atom. The Morgan fingerprint density at radius 2 is 2.18 bits per heavy atom. The van der Waals surface area contributed by atoms with Crippen LogP contribution in [0.15, 0.2) is 0 Å². The van der Waals surface area contributed by atoms with E-state index < -0.39 is 0 Å². The number of methoxy groups -OCH3 is 1. The fourth-order valence-electron chi connectivity index (χ4n) is 0.653. The molecule has 0 bridgehead atoms. The third-order valence-corrected chi connectivity index (χ3v) is 1.49. The molecule has 4 heteroatoms. The predicted molar refractivity (Wildman–Crippen MR) is 48.4 cm³/mol. The van der Waals surface area contributed by atoms with Crippen LogP contribution in [0.2, 0.25) is 0 Å². The van der Waals surface area contributed by atoms with Gasteiger partial charge in [0.15, 0.2) is 0 Å². The van der Waals surface area contributed by atoms with Crippen molar-refractivity contribution in [1.29, 1.82) is 0 Å². The number of hydrogen-bond donors (Lipinski definition) is 1. The maximum absolute atomic E-state index is 5.28. The molecule has 3 nitrogen and oxygen atoms in total. The average molecular weight is 177 g/mol. The first-order valence-corrected chi connectivity index (χ1v) is 4.11. The molecule has 11 heavy (non-hydrogen) atoms. The van der Waals surface area contributed by atoms with Gasteiger partial charge in [-0.25, -0.2) is 0 Å². The lowest BCUT2D eigenvalue weighted by Gasteiger charge is -2.16. The Labute approximate surface area is 73.1 Å². The zero-order chi connectivity index (χ0) is 8.69. The minimum Gasteiger partial charge on any atom is -0.474 e. The Hall–Kier alpha value is -0.350. The third-order valence-electron chi connectivity index (χ3n) is 1.20. The number of nitrogens with one attached hydrogen (secondary N) is 1. The van der Waals surface area contributed by atoms with E-state index in [2.05, 4.69) is 5.32 Å². The topological polar surface area (TPSA) is 30.5 Å². The quantitative estimate of drug-likeness (QED) is 0.517. The molecule has 1 unspecified atom stereocenters. The van der Waals surface area contributed by atoms with Gasteiger partial charge >= 0.3 is 0 Å². The van der Waals surface area contributed by atoms with Gasteiger partial charge in [-0.1, -0.05) is 6.92 Å². The van der Waals surface area contributed by atoms with Crippen LogP contribution in [0, 0.1) is 0 Å². The average Bonchev–Trinajstić information content (AvgIpc) is 2.03. The van der Waals surface area contributed by atoms with Crippen LogP contribution >= 0.6 is 12.2 Å². The fourth-order valence-corrected chi connectivity index (χ4v) is 0.785. The molecule has 0 amide bonds. The Bertz CT molecular complexity index is 119. The molecule has 0 saturated carbocycles. The van der Waals surface area contributed by atoms with Crippen molar-refractivity contribution in [3.63, 3.8) is 0 Å². The van der Waals surface area contributed by atoms with E-state index in [1.54, 1.807) is 0 Å². The summed E-state index contributed by atoms with van der Waals surface area (Å²) in [4.78, 5) is 0. The van der Waals surface area contributed by atoms with Crippen molar-refractivity contribution in [1.82, 2.24) is 5.32 Å². The zero-order valence-corrected chi connectivity index (χ0v) is 8.03. The van der Waals surface area contributed by atoms with Gasteiger partial charge < -0.3 is 14.8 Å². The molecule has 0 aliphatic heterocycles. The molecular formula is C7H15NO2S. The molecule has 0 rings (SSSR count). The lowest BCUT2D eigenvalue weighted by Crippen LogP contribution is -2.36. The lowest BCUT2D eigenvalue weighted by molar-refractivity contribution is 0.0463. The van der Waals surface area contributed by atoms with Gasteiger partial charge in [0.25, 0.3) is 5.17 Å². The number of thiocarbonyl (C=S) groups is 1. The first kappa shape index (κ1) is 10.7. The van der Waals surface area contributed by atoms with Crippen LogP contribution in [-0.2, 0) is 9.47 Å². The van der Waals surface area contributed by atoms with E-state index in [9.17, 15) is 0 Å². The van der Waals surface area contributed by atoms with Crippen molar-refractivity contribution in [2.75, 3.05) is 13.7 Å². The van der Waals surface area contributed by atoms with Crippen molar-refractivity contribution in [2.24, 2.45) is 0 Å². The number of ether oxygens (including phenoxy) is 2. The normalized spacial score (nSPS) is 12.3. The van der Waals surface area contributed by atoms with Gasteiger partial charge in [0.1, 0.15) is 6.23 Å². The summed E-state index contributed by atoms with van der Waals surface area (Å²) >= 11 is 4.80. The molecule has 0 saturated heterocycles. The largest absolute Gasteiger partial charge is 0.474 e. The second-order valence-electron chi connectivity index (χ2n) is 1.99. The molecular weight excluding hydrogens is 162 g/mol. The number of hydrogen-bond acceptors (Lipinski definition) is 3. The first-order valence-electron chi connectivity index (χ1n) is 3.70. The van der Waals surface area contributed by atoms with Crippen LogP contribution in [0.4, 0.5) is 0 Å². The second-order valence-corrected chi connectivity index (χ2v) is 2.36. The third kappa shape index (κ3) is 4.98. The smallest absolute Gasteiger partial charge is 0.258 e. The van der Waals surface area contributed by atoms with Crippen LogP contribution in [0.5, 0.6) is 0 Å². The molecule has 0 aromatic heterocycles. The maximum Gasteiger partial charge on any atom is 0.258 e. The zero-order valence-electron chi connectivity index (χ0n) is 7.22. The van der Waals surface area contributed by atoms with Crippen LogP contribution in [0.1, 0.15) is 20.3 Å². The summed E-state index contributed by atoms with van der Waals surface area (Å²) in [6.45, 7) is 4.64. The fraction of sp³-hybridized carbons (Fsp3) is 0.857. The van der Waals surface area contributed by atoms with Gasteiger partial charge in [-0.3, -0.25) is 0 Å². The summed E-state index contributed by atoms with van der Waals surface area (Å²) in [6.07, 6.45) is 0.851. The van der Waals surface area contributed by atoms with Crippen molar-refractivity contribution in [3.05, 3.63) is 0 Å². The van der Waals surface area contributed by atoms with Gasteiger partial charge in [0, 0.05) is 6.61 Å². The van der Waals surface area contributed by atoms with Gasteiger partial charge in [0.2, 0.25) is 0 Å². The highest BCUT2D eigenvalue weighted by molar-refractivity contribution is 7.80. The van der Waals surface area contributed by atoms with E-state index in [-0.39, 0.29) is 6.23 Å². The Balaban J connectivity index is 3.58. The van der Waals surface area contributed by atoms with Crippen LogP contribution in [0.3, 0.4) is 0 Å². The standard InChI is InChI=1S/C7H15NO2S/c1-4-6(10-5-2)8-7(11)9-3/h6H,4-5H2,1-3H3,(H,8,11). The summed E-state index contributed by atoms with van der Waals surface area (Å²) in [5, 5.41) is 3.28. The molecule has 1 N–H and O–H groups in total. The summed E-state index contributed by atoms with van der Waals surface area (Å²) < 4.78 is 10.1. The molecule has 0 aromatic rings.